The molecule has 3 nitrogen and oxygen atoms in total. The molecule has 0 bridgehead atoms. The first-order valence-electron chi connectivity index (χ1n) is 4.62. The van der Waals surface area contributed by atoms with Crippen molar-refractivity contribution >= 4 is 15.9 Å². The molecule has 0 aliphatic heterocycles. The number of rotatable bonds is 1. The molecule has 0 aromatic carbocycles. The molecule has 0 unspecified atom stereocenters. The molecular formula is C10H7BrF3N3. The van der Waals surface area contributed by atoms with E-state index in [2.05, 4.69) is 25.9 Å². The molecule has 0 aliphatic carbocycles. The normalized spacial score (nSPS) is 11.8. The molecule has 2 rings (SSSR count). The average molecular weight is 306 g/mol. The van der Waals surface area contributed by atoms with Crippen molar-refractivity contribution in [2.75, 3.05) is 0 Å². The van der Waals surface area contributed by atoms with Gasteiger partial charge in [0.05, 0.1) is 5.56 Å². The van der Waals surface area contributed by atoms with E-state index < -0.39 is 11.7 Å². The Labute approximate surface area is 103 Å². The minimum atomic E-state index is -4.46. The van der Waals surface area contributed by atoms with Crippen LogP contribution in [-0.4, -0.2) is 14.5 Å². The second-order valence-corrected chi connectivity index (χ2v) is 4.28. The van der Waals surface area contributed by atoms with Gasteiger partial charge in [0.2, 0.25) is 0 Å². The van der Waals surface area contributed by atoms with Crippen LogP contribution in [0.4, 0.5) is 13.2 Å². The van der Waals surface area contributed by atoms with Gasteiger partial charge in [-0.2, -0.15) is 13.2 Å². The largest absolute Gasteiger partial charge is 0.420 e. The average Bonchev–Trinajstić information content (AvgIpc) is 2.63. The minimum absolute atomic E-state index is 0.171. The first kappa shape index (κ1) is 12.1. The van der Waals surface area contributed by atoms with Gasteiger partial charge in [0.15, 0.2) is 0 Å². The summed E-state index contributed by atoms with van der Waals surface area (Å²) in [4.78, 5) is 7.69. The van der Waals surface area contributed by atoms with E-state index in [-0.39, 0.29) is 10.3 Å². The Morgan fingerprint density at radius 2 is 2.00 bits per heavy atom. The van der Waals surface area contributed by atoms with Gasteiger partial charge in [-0.05, 0) is 28.9 Å². The monoisotopic (exact) mass is 305 g/mol. The Kier molecular flexibility index (Phi) is 2.94. The van der Waals surface area contributed by atoms with Crippen LogP contribution in [0, 0.1) is 6.92 Å². The fourth-order valence-corrected chi connectivity index (χ4v) is 1.77. The van der Waals surface area contributed by atoms with Crippen molar-refractivity contribution < 1.29 is 13.2 Å². The van der Waals surface area contributed by atoms with Gasteiger partial charge in [-0.1, -0.05) is 0 Å². The van der Waals surface area contributed by atoms with Crippen LogP contribution in [0.1, 0.15) is 11.4 Å². The maximum Gasteiger partial charge on any atom is 0.420 e. The number of nitrogens with zero attached hydrogens (tertiary/aromatic N) is 3. The van der Waals surface area contributed by atoms with E-state index in [9.17, 15) is 13.2 Å². The highest BCUT2D eigenvalue weighted by Gasteiger charge is 2.35. The quantitative estimate of drug-likeness (QED) is 0.809. The van der Waals surface area contributed by atoms with E-state index in [1.165, 1.54) is 23.2 Å². The number of hydrogen-bond donors (Lipinski definition) is 0. The molecule has 0 aliphatic rings. The summed E-state index contributed by atoms with van der Waals surface area (Å²) in [5.74, 6) is 0.279. The van der Waals surface area contributed by atoms with Crippen LogP contribution in [0.5, 0.6) is 0 Å². The maximum atomic E-state index is 12.9. The first-order valence-corrected chi connectivity index (χ1v) is 5.42. The smallest absolute Gasteiger partial charge is 0.288 e. The van der Waals surface area contributed by atoms with Crippen LogP contribution in [0.25, 0.3) is 5.82 Å². The van der Waals surface area contributed by atoms with Crippen molar-refractivity contribution in [1.29, 1.82) is 0 Å². The second kappa shape index (κ2) is 4.14. The third-order valence-corrected chi connectivity index (χ3v) is 2.63. The molecule has 2 aromatic heterocycles. The fourth-order valence-electron chi connectivity index (χ4n) is 1.43. The standard InChI is InChI=1S/C10H7BrF3N3/c1-6-15-2-3-17(6)9-8(10(12,13)14)4-7(11)5-16-9/h2-5H,1H3. The van der Waals surface area contributed by atoms with Crippen molar-refractivity contribution in [1.82, 2.24) is 14.5 Å². The van der Waals surface area contributed by atoms with Crippen molar-refractivity contribution in [3.05, 3.63) is 40.5 Å². The maximum absolute atomic E-state index is 12.9. The van der Waals surface area contributed by atoms with Crippen LogP contribution in [0.3, 0.4) is 0 Å². The number of alkyl halides is 3. The molecule has 0 saturated carbocycles. The predicted octanol–water partition coefficient (Wildman–Crippen LogP) is 3.36. The van der Waals surface area contributed by atoms with Gasteiger partial charge in [-0.25, -0.2) is 9.97 Å². The number of hydrogen-bond acceptors (Lipinski definition) is 2. The predicted molar refractivity (Wildman–Crippen MR) is 58.8 cm³/mol. The molecule has 17 heavy (non-hydrogen) atoms. The highest BCUT2D eigenvalue weighted by Crippen LogP contribution is 2.34. The fraction of sp³-hybridized carbons (Fsp3) is 0.200. The van der Waals surface area contributed by atoms with Crippen molar-refractivity contribution in [3.63, 3.8) is 0 Å². The number of aryl methyl sites for hydroxylation is 1. The Balaban J connectivity index is 2.67. The lowest BCUT2D eigenvalue weighted by Gasteiger charge is -2.13. The van der Waals surface area contributed by atoms with Crippen molar-refractivity contribution in [2.24, 2.45) is 0 Å². The summed E-state index contributed by atoms with van der Waals surface area (Å²) < 4.78 is 40.2. The number of pyridine rings is 1. The number of imidazole rings is 1. The van der Waals surface area contributed by atoms with Crippen molar-refractivity contribution in [3.8, 4) is 5.82 Å². The summed E-state index contributed by atoms with van der Waals surface area (Å²) in [6, 6.07) is 1.00. The lowest BCUT2D eigenvalue weighted by Crippen LogP contribution is -2.13. The van der Waals surface area contributed by atoms with Crippen LogP contribution in [0.2, 0.25) is 0 Å². The molecular weight excluding hydrogens is 299 g/mol. The van der Waals surface area contributed by atoms with Gasteiger partial charge in [-0.15, -0.1) is 0 Å². The third kappa shape index (κ3) is 2.33. The Morgan fingerprint density at radius 1 is 1.29 bits per heavy atom. The molecule has 0 amide bonds. The first-order chi connectivity index (χ1) is 7.89. The third-order valence-electron chi connectivity index (χ3n) is 2.19. The molecule has 0 atom stereocenters. The van der Waals surface area contributed by atoms with E-state index in [0.29, 0.717) is 5.82 Å². The van der Waals surface area contributed by atoms with Gasteiger partial charge >= 0.3 is 6.18 Å². The molecule has 7 heteroatoms. The molecule has 0 radical (unpaired) electrons. The van der Waals surface area contributed by atoms with E-state index in [0.717, 1.165) is 6.07 Å². The van der Waals surface area contributed by atoms with Crippen LogP contribution in [0.15, 0.2) is 29.1 Å². The Morgan fingerprint density at radius 3 is 2.53 bits per heavy atom. The lowest BCUT2D eigenvalue weighted by molar-refractivity contribution is -0.137. The zero-order chi connectivity index (χ0) is 12.6. The molecule has 0 saturated heterocycles. The minimum Gasteiger partial charge on any atom is -0.288 e. The van der Waals surface area contributed by atoms with Gasteiger partial charge in [0.25, 0.3) is 0 Å². The highest BCUT2D eigenvalue weighted by atomic mass is 79.9. The summed E-state index contributed by atoms with van der Waals surface area (Å²) in [5, 5.41) is 0. The van der Waals surface area contributed by atoms with Crippen LogP contribution >= 0.6 is 15.9 Å². The van der Waals surface area contributed by atoms with Gasteiger partial charge < -0.3 is 0 Å². The van der Waals surface area contributed by atoms with Gasteiger partial charge in [0, 0.05) is 23.1 Å². The lowest BCUT2D eigenvalue weighted by atomic mass is 10.2. The molecule has 0 fully saturated rings. The van der Waals surface area contributed by atoms with Crippen molar-refractivity contribution in [2.45, 2.75) is 13.1 Å². The zero-order valence-electron chi connectivity index (χ0n) is 8.66. The van der Waals surface area contributed by atoms with E-state index in [1.54, 1.807) is 6.92 Å². The zero-order valence-corrected chi connectivity index (χ0v) is 10.2. The Hall–Kier alpha value is -1.37. The summed E-state index contributed by atoms with van der Waals surface area (Å²) >= 11 is 2.98. The van der Waals surface area contributed by atoms with E-state index in [1.807, 2.05) is 0 Å². The summed E-state index contributed by atoms with van der Waals surface area (Å²) in [6.45, 7) is 1.61. The van der Waals surface area contributed by atoms with Crippen LogP contribution < -0.4 is 0 Å². The molecule has 2 heterocycles. The topological polar surface area (TPSA) is 30.7 Å². The Bertz CT molecular complexity index is 548. The summed E-state index contributed by atoms with van der Waals surface area (Å²) in [7, 11) is 0. The molecule has 0 N–H and O–H groups in total. The van der Waals surface area contributed by atoms with Gasteiger partial charge in [-0.3, -0.25) is 4.57 Å². The van der Waals surface area contributed by atoms with Crippen LogP contribution in [-0.2, 0) is 6.18 Å². The summed E-state index contributed by atoms with van der Waals surface area (Å²) in [6.07, 6.45) is -0.257. The number of aromatic nitrogens is 3. The van der Waals surface area contributed by atoms with Gasteiger partial charge in [0.1, 0.15) is 11.6 Å². The van der Waals surface area contributed by atoms with E-state index >= 15 is 0 Å². The second-order valence-electron chi connectivity index (χ2n) is 3.37. The van der Waals surface area contributed by atoms with E-state index in [4.69, 9.17) is 0 Å². The molecule has 2 aromatic rings. The SMILES string of the molecule is Cc1nccn1-c1ncc(Br)cc1C(F)(F)F. The highest BCUT2D eigenvalue weighted by molar-refractivity contribution is 9.10. The molecule has 90 valence electrons. The number of halogens is 4. The molecule has 0 spiro atoms. The summed E-state index contributed by atoms with van der Waals surface area (Å²) in [5.41, 5.74) is -0.798.